The maximum Gasteiger partial charge on any atom is 0.257 e. The molecule has 5 heteroatoms. The highest BCUT2D eigenvalue weighted by atomic mass is 16.5. The van der Waals surface area contributed by atoms with Gasteiger partial charge in [-0.2, -0.15) is 0 Å². The minimum Gasteiger partial charge on any atom is -0.508 e. The molecule has 2 aromatic rings. The van der Waals surface area contributed by atoms with Crippen LogP contribution in [0.25, 0.3) is 0 Å². The average Bonchev–Trinajstić information content (AvgIpc) is 3.19. The Labute approximate surface area is 135 Å². The molecule has 23 heavy (non-hydrogen) atoms. The Morgan fingerprint density at radius 3 is 2.83 bits per heavy atom. The molecule has 1 aliphatic heterocycles. The van der Waals surface area contributed by atoms with E-state index in [1.807, 2.05) is 12.1 Å². The minimum absolute atomic E-state index is 0.0528. The molecule has 1 amide bonds. The number of ether oxygens (including phenoxy) is 1. The molecule has 0 radical (unpaired) electrons. The number of hydrogen-bond acceptors (Lipinski definition) is 4. The summed E-state index contributed by atoms with van der Waals surface area (Å²) >= 11 is 0. The Balaban J connectivity index is 1.82. The van der Waals surface area contributed by atoms with Gasteiger partial charge in [0.05, 0.1) is 17.9 Å². The fraction of sp³-hybridized carbons (Fsp3) is 0.389. The summed E-state index contributed by atoms with van der Waals surface area (Å²) in [6, 6.07) is 8.77. The number of aryl methyl sites for hydroxylation is 1. The molecule has 0 bridgehead atoms. The number of benzene rings is 1. The quantitative estimate of drug-likeness (QED) is 0.921. The van der Waals surface area contributed by atoms with Gasteiger partial charge in [-0.1, -0.05) is 18.2 Å². The number of nitrogens with zero attached hydrogens (tertiary/aromatic N) is 1. The normalized spacial score (nSPS) is 17.3. The number of phenols is 1. The zero-order valence-corrected chi connectivity index (χ0v) is 13.2. The van der Waals surface area contributed by atoms with E-state index in [0.29, 0.717) is 24.4 Å². The Morgan fingerprint density at radius 2 is 2.17 bits per heavy atom. The van der Waals surface area contributed by atoms with Crippen LogP contribution in [-0.2, 0) is 11.3 Å². The predicted octanol–water partition coefficient (Wildman–Crippen LogP) is 3.12. The summed E-state index contributed by atoms with van der Waals surface area (Å²) in [5.41, 5.74) is 1.28. The summed E-state index contributed by atoms with van der Waals surface area (Å²) in [7, 11) is 0. The number of hydrogen-bond donors (Lipinski definition) is 1. The number of para-hydroxylation sites is 1. The van der Waals surface area contributed by atoms with Crippen molar-refractivity contribution in [1.82, 2.24) is 4.90 Å². The van der Waals surface area contributed by atoms with Crippen molar-refractivity contribution in [3.8, 4) is 5.75 Å². The lowest BCUT2D eigenvalue weighted by atomic mass is 10.1. The first-order valence-corrected chi connectivity index (χ1v) is 7.87. The molecule has 0 unspecified atom stereocenters. The van der Waals surface area contributed by atoms with Crippen LogP contribution < -0.4 is 0 Å². The van der Waals surface area contributed by atoms with Crippen LogP contribution in [0.2, 0.25) is 0 Å². The van der Waals surface area contributed by atoms with E-state index in [-0.39, 0.29) is 17.8 Å². The van der Waals surface area contributed by atoms with Crippen LogP contribution in [0.1, 0.15) is 34.5 Å². The van der Waals surface area contributed by atoms with Crippen molar-refractivity contribution in [3.63, 3.8) is 0 Å². The summed E-state index contributed by atoms with van der Waals surface area (Å²) in [6.07, 6.45) is 3.55. The van der Waals surface area contributed by atoms with Gasteiger partial charge in [0.2, 0.25) is 0 Å². The van der Waals surface area contributed by atoms with Gasteiger partial charge in [0.1, 0.15) is 11.5 Å². The monoisotopic (exact) mass is 315 g/mol. The van der Waals surface area contributed by atoms with Gasteiger partial charge in [0.25, 0.3) is 5.91 Å². The van der Waals surface area contributed by atoms with Crippen LogP contribution in [0.3, 0.4) is 0 Å². The van der Waals surface area contributed by atoms with Crippen molar-refractivity contribution in [1.29, 1.82) is 0 Å². The molecule has 1 aliphatic rings. The Kier molecular flexibility index (Phi) is 4.67. The van der Waals surface area contributed by atoms with Crippen LogP contribution in [0.4, 0.5) is 0 Å². The molecule has 5 nitrogen and oxygen atoms in total. The summed E-state index contributed by atoms with van der Waals surface area (Å²) in [5.74, 6) is 0.696. The smallest absolute Gasteiger partial charge is 0.257 e. The lowest BCUT2D eigenvalue weighted by Crippen LogP contribution is -2.37. The van der Waals surface area contributed by atoms with Crippen LogP contribution in [0.15, 0.2) is 41.0 Å². The first kappa shape index (κ1) is 15.6. The first-order valence-electron chi connectivity index (χ1n) is 7.87. The number of phenolic OH excluding ortho intramolecular Hbond substituents is 1. The van der Waals surface area contributed by atoms with E-state index in [9.17, 15) is 9.90 Å². The third-order valence-electron chi connectivity index (χ3n) is 4.18. The van der Waals surface area contributed by atoms with Gasteiger partial charge in [-0.3, -0.25) is 4.79 Å². The molecular weight excluding hydrogens is 294 g/mol. The number of carbonyl (C=O) groups excluding carboxylic acids is 1. The van der Waals surface area contributed by atoms with Crippen molar-refractivity contribution < 1.29 is 19.1 Å². The molecule has 1 aromatic heterocycles. The molecule has 122 valence electrons. The Bertz CT molecular complexity index is 673. The van der Waals surface area contributed by atoms with Gasteiger partial charge < -0.3 is 19.2 Å². The minimum atomic E-state index is -0.102. The number of aromatic hydroxyl groups is 1. The van der Waals surface area contributed by atoms with Gasteiger partial charge in [0, 0.05) is 25.3 Å². The number of rotatable bonds is 5. The highest BCUT2D eigenvalue weighted by molar-refractivity contribution is 5.95. The second-order valence-electron chi connectivity index (χ2n) is 5.84. The van der Waals surface area contributed by atoms with Gasteiger partial charge in [-0.15, -0.1) is 0 Å². The predicted molar refractivity (Wildman–Crippen MR) is 85.3 cm³/mol. The van der Waals surface area contributed by atoms with Crippen LogP contribution in [0.5, 0.6) is 5.75 Å². The molecule has 1 fully saturated rings. The molecule has 1 aromatic carbocycles. The molecule has 0 spiro atoms. The zero-order valence-electron chi connectivity index (χ0n) is 13.2. The maximum absolute atomic E-state index is 12.9. The highest BCUT2D eigenvalue weighted by Crippen LogP contribution is 2.22. The summed E-state index contributed by atoms with van der Waals surface area (Å²) in [5, 5.41) is 10.00. The van der Waals surface area contributed by atoms with Crippen molar-refractivity contribution >= 4 is 5.91 Å². The largest absolute Gasteiger partial charge is 0.508 e. The molecule has 1 N–H and O–H groups in total. The van der Waals surface area contributed by atoms with Gasteiger partial charge in [-0.25, -0.2) is 0 Å². The SMILES string of the molecule is Cc1occc1C(=O)N(Cc1ccccc1O)C[C@@H]1CCCO1. The number of furan rings is 1. The fourth-order valence-corrected chi connectivity index (χ4v) is 2.88. The van der Waals surface area contributed by atoms with E-state index < -0.39 is 0 Å². The Hall–Kier alpha value is -2.27. The van der Waals surface area contributed by atoms with Gasteiger partial charge in [0.15, 0.2) is 0 Å². The first-order chi connectivity index (χ1) is 11.1. The van der Waals surface area contributed by atoms with Gasteiger partial charge >= 0.3 is 0 Å². The fourth-order valence-electron chi connectivity index (χ4n) is 2.88. The van der Waals surface area contributed by atoms with Crippen molar-refractivity contribution in [3.05, 3.63) is 53.5 Å². The molecule has 0 aliphatic carbocycles. The molecule has 0 saturated carbocycles. The van der Waals surface area contributed by atoms with Crippen LogP contribution >= 0.6 is 0 Å². The Morgan fingerprint density at radius 1 is 1.35 bits per heavy atom. The summed E-state index contributed by atoms with van der Waals surface area (Å²) in [4.78, 5) is 14.6. The molecule has 1 saturated heterocycles. The van der Waals surface area contributed by atoms with E-state index in [1.54, 1.807) is 30.0 Å². The zero-order chi connectivity index (χ0) is 16.2. The van der Waals surface area contributed by atoms with E-state index in [4.69, 9.17) is 9.15 Å². The standard InChI is InChI=1S/C18H21NO4/c1-13-16(8-10-22-13)18(21)19(12-15-6-4-9-23-15)11-14-5-2-3-7-17(14)20/h2-3,5,7-8,10,15,20H,4,6,9,11-12H2,1H3/t15-/m0/s1. The second-order valence-corrected chi connectivity index (χ2v) is 5.84. The molecule has 2 heterocycles. The van der Waals surface area contributed by atoms with E-state index in [1.165, 1.54) is 6.26 Å². The lowest BCUT2D eigenvalue weighted by molar-refractivity contribution is 0.0504. The van der Waals surface area contributed by atoms with E-state index in [2.05, 4.69) is 0 Å². The third-order valence-corrected chi connectivity index (χ3v) is 4.18. The van der Waals surface area contributed by atoms with Gasteiger partial charge in [-0.05, 0) is 31.9 Å². The number of carbonyl (C=O) groups is 1. The lowest BCUT2D eigenvalue weighted by Gasteiger charge is -2.25. The number of amides is 1. The van der Waals surface area contributed by atoms with Crippen molar-refractivity contribution in [2.45, 2.75) is 32.4 Å². The second kappa shape index (κ2) is 6.87. The third kappa shape index (κ3) is 3.56. The van der Waals surface area contributed by atoms with Crippen LogP contribution in [-0.4, -0.2) is 35.2 Å². The molecular formula is C18H21NO4. The van der Waals surface area contributed by atoms with Crippen LogP contribution in [0, 0.1) is 6.92 Å². The maximum atomic E-state index is 12.9. The van der Waals surface area contributed by atoms with E-state index >= 15 is 0 Å². The summed E-state index contributed by atoms with van der Waals surface area (Å²) < 4.78 is 10.9. The highest BCUT2D eigenvalue weighted by Gasteiger charge is 2.25. The van der Waals surface area contributed by atoms with Crippen molar-refractivity contribution in [2.24, 2.45) is 0 Å². The molecule has 1 atom stereocenters. The van der Waals surface area contributed by atoms with Crippen molar-refractivity contribution in [2.75, 3.05) is 13.2 Å². The van der Waals surface area contributed by atoms with E-state index in [0.717, 1.165) is 25.0 Å². The molecule has 3 rings (SSSR count). The summed E-state index contributed by atoms with van der Waals surface area (Å²) in [6.45, 7) is 3.37. The average molecular weight is 315 g/mol. The topological polar surface area (TPSA) is 62.9 Å².